The average Bonchev–Trinajstić information content (AvgIpc) is 2.55. The summed E-state index contributed by atoms with van der Waals surface area (Å²) in [6.07, 6.45) is 1.48. The molecule has 0 saturated heterocycles. The number of nitro groups is 1. The van der Waals surface area contributed by atoms with E-state index in [-0.39, 0.29) is 17.7 Å². The number of carbonyl (C=O) groups excluding carboxylic acids is 1. The van der Waals surface area contributed by atoms with Crippen LogP contribution in [-0.4, -0.2) is 23.1 Å². The molecule has 0 heterocycles. The Labute approximate surface area is 139 Å². The van der Waals surface area contributed by atoms with E-state index in [4.69, 9.17) is 4.74 Å². The number of non-ortho nitro benzene ring substituents is 1. The van der Waals surface area contributed by atoms with Gasteiger partial charge in [0.05, 0.1) is 17.2 Å². The molecule has 0 aromatic heterocycles. The molecule has 0 fully saturated rings. The first kappa shape index (κ1) is 17.1. The van der Waals surface area contributed by atoms with Crippen molar-refractivity contribution in [3.63, 3.8) is 0 Å². The highest BCUT2D eigenvalue weighted by atomic mass is 16.6. The summed E-state index contributed by atoms with van der Waals surface area (Å²) in [6.45, 7) is 3.85. The van der Waals surface area contributed by atoms with E-state index in [2.05, 4.69) is 10.5 Å². The minimum absolute atomic E-state index is 0.000100. The van der Waals surface area contributed by atoms with Gasteiger partial charge in [0, 0.05) is 17.7 Å². The van der Waals surface area contributed by atoms with Gasteiger partial charge in [-0.3, -0.25) is 14.9 Å². The summed E-state index contributed by atoms with van der Waals surface area (Å²) in [7, 11) is 0. The average molecular weight is 327 g/mol. The number of nitrogens with one attached hydrogen (secondary N) is 1. The van der Waals surface area contributed by atoms with E-state index in [0.717, 1.165) is 0 Å². The van der Waals surface area contributed by atoms with Crippen LogP contribution in [0.1, 0.15) is 29.8 Å². The minimum Gasteiger partial charge on any atom is -0.491 e. The lowest BCUT2D eigenvalue weighted by atomic mass is 10.2. The number of nitrogens with zero attached hydrogens (tertiary/aromatic N) is 2. The van der Waals surface area contributed by atoms with Gasteiger partial charge in [-0.25, -0.2) is 5.43 Å². The van der Waals surface area contributed by atoms with Gasteiger partial charge < -0.3 is 4.74 Å². The smallest absolute Gasteiger partial charge is 0.271 e. The number of ether oxygens (including phenoxy) is 1. The van der Waals surface area contributed by atoms with E-state index in [0.29, 0.717) is 16.9 Å². The molecule has 0 bridgehead atoms. The Hall–Kier alpha value is -3.22. The molecule has 0 radical (unpaired) electrons. The van der Waals surface area contributed by atoms with Gasteiger partial charge in [0.15, 0.2) is 0 Å². The Kier molecular flexibility index (Phi) is 5.62. The lowest BCUT2D eigenvalue weighted by Crippen LogP contribution is -2.17. The number of hydrogen-bond acceptors (Lipinski definition) is 5. The number of amides is 1. The lowest BCUT2D eigenvalue weighted by molar-refractivity contribution is -0.384. The van der Waals surface area contributed by atoms with Crippen LogP contribution in [0.15, 0.2) is 53.6 Å². The van der Waals surface area contributed by atoms with Crippen LogP contribution in [0.4, 0.5) is 5.69 Å². The van der Waals surface area contributed by atoms with Gasteiger partial charge in [-0.2, -0.15) is 5.10 Å². The SMILES string of the molecule is CC(C)Oc1ccc(C(=O)N/N=C\c2ccc([N+](=O)[O-])cc2)cc1. The fourth-order valence-corrected chi connectivity index (χ4v) is 1.87. The van der Waals surface area contributed by atoms with Crippen molar-refractivity contribution in [2.45, 2.75) is 20.0 Å². The Morgan fingerprint density at radius 1 is 1.17 bits per heavy atom. The van der Waals surface area contributed by atoms with E-state index in [1.165, 1.54) is 18.3 Å². The molecule has 0 saturated carbocycles. The molecule has 0 aliphatic heterocycles. The van der Waals surface area contributed by atoms with Crippen molar-refractivity contribution in [2.24, 2.45) is 5.10 Å². The molecular weight excluding hydrogens is 310 g/mol. The highest BCUT2D eigenvalue weighted by Crippen LogP contribution is 2.14. The van der Waals surface area contributed by atoms with Gasteiger partial charge in [0.2, 0.25) is 0 Å². The first-order chi connectivity index (χ1) is 11.5. The Morgan fingerprint density at radius 3 is 2.33 bits per heavy atom. The number of hydrazone groups is 1. The van der Waals surface area contributed by atoms with Crippen molar-refractivity contribution in [3.8, 4) is 5.75 Å². The Bertz CT molecular complexity index is 737. The summed E-state index contributed by atoms with van der Waals surface area (Å²) in [5, 5.41) is 14.4. The second kappa shape index (κ2) is 7.87. The summed E-state index contributed by atoms with van der Waals surface area (Å²) in [6, 6.07) is 12.6. The maximum absolute atomic E-state index is 12.0. The Morgan fingerprint density at radius 2 is 1.79 bits per heavy atom. The number of hydrogen-bond donors (Lipinski definition) is 1. The van der Waals surface area contributed by atoms with Gasteiger partial charge in [-0.1, -0.05) is 0 Å². The fourth-order valence-electron chi connectivity index (χ4n) is 1.87. The first-order valence-corrected chi connectivity index (χ1v) is 7.30. The number of rotatable bonds is 6. The van der Waals surface area contributed by atoms with Crippen molar-refractivity contribution in [1.82, 2.24) is 5.43 Å². The summed E-state index contributed by atoms with van der Waals surface area (Å²) in [5.74, 6) is 0.334. The molecule has 24 heavy (non-hydrogen) atoms. The zero-order valence-electron chi connectivity index (χ0n) is 13.3. The molecule has 0 spiro atoms. The van der Waals surface area contributed by atoms with Crippen LogP contribution in [-0.2, 0) is 0 Å². The van der Waals surface area contributed by atoms with Crippen molar-refractivity contribution in [3.05, 3.63) is 69.8 Å². The van der Waals surface area contributed by atoms with Crippen molar-refractivity contribution in [1.29, 1.82) is 0 Å². The minimum atomic E-state index is -0.477. The third kappa shape index (κ3) is 4.91. The Balaban J connectivity index is 1.93. The van der Waals surface area contributed by atoms with E-state index in [9.17, 15) is 14.9 Å². The van der Waals surface area contributed by atoms with Gasteiger partial charge in [0.25, 0.3) is 11.6 Å². The maximum atomic E-state index is 12.0. The van der Waals surface area contributed by atoms with Crippen LogP contribution >= 0.6 is 0 Å². The third-order valence-electron chi connectivity index (χ3n) is 2.97. The van der Waals surface area contributed by atoms with Crippen LogP contribution in [0.2, 0.25) is 0 Å². The van der Waals surface area contributed by atoms with E-state index in [1.54, 1.807) is 36.4 Å². The molecule has 7 nitrogen and oxygen atoms in total. The molecule has 0 aliphatic carbocycles. The zero-order chi connectivity index (χ0) is 17.5. The molecule has 0 aliphatic rings. The van der Waals surface area contributed by atoms with E-state index in [1.807, 2.05) is 13.8 Å². The maximum Gasteiger partial charge on any atom is 0.271 e. The van der Waals surface area contributed by atoms with Crippen LogP contribution in [0.3, 0.4) is 0 Å². The zero-order valence-corrected chi connectivity index (χ0v) is 13.3. The highest BCUT2D eigenvalue weighted by Gasteiger charge is 2.05. The highest BCUT2D eigenvalue weighted by molar-refractivity contribution is 5.95. The summed E-state index contributed by atoms with van der Waals surface area (Å²) in [4.78, 5) is 22.0. The molecule has 0 atom stereocenters. The van der Waals surface area contributed by atoms with Crippen molar-refractivity contribution in [2.75, 3.05) is 0 Å². The predicted molar refractivity (Wildman–Crippen MR) is 90.4 cm³/mol. The van der Waals surface area contributed by atoms with E-state index < -0.39 is 4.92 Å². The largest absolute Gasteiger partial charge is 0.491 e. The van der Waals surface area contributed by atoms with Crippen molar-refractivity contribution >= 4 is 17.8 Å². The van der Waals surface area contributed by atoms with Crippen molar-refractivity contribution < 1.29 is 14.5 Å². The second-order valence-corrected chi connectivity index (χ2v) is 5.24. The molecule has 0 unspecified atom stereocenters. The first-order valence-electron chi connectivity index (χ1n) is 7.30. The van der Waals surface area contributed by atoms with Gasteiger partial charge in [0.1, 0.15) is 5.75 Å². The molecule has 2 aromatic rings. The molecule has 1 N–H and O–H groups in total. The standard InChI is InChI=1S/C17H17N3O4/c1-12(2)24-16-9-5-14(6-10-16)17(21)19-18-11-13-3-7-15(8-4-13)20(22)23/h3-12H,1-2H3,(H,19,21)/b18-11-. The molecule has 7 heteroatoms. The molecule has 124 valence electrons. The monoisotopic (exact) mass is 327 g/mol. The molecule has 2 rings (SSSR count). The van der Waals surface area contributed by atoms with E-state index >= 15 is 0 Å². The van der Waals surface area contributed by atoms with Gasteiger partial charge >= 0.3 is 0 Å². The topological polar surface area (TPSA) is 93.8 Å². The molecule has 1 amide bonds. The normalized spacial score (nSPS) is 10.8. The second-order valence-electron chi connectivity index (χ2n) is 5.24. The summed E-state index contributed by atoms with van der Waals surface area (Å²) in [5.41, 5.74) is 3.49. The predicted octanol–water partition coefficient (Wildman–Crippen LogP) is 3.15. The molecule has 2 aromatic carbocycles. The number of carbonyl (C=O) groups is 1. The number of benzene rings is 2. The molecular formula is C17H17N3O4. The van der Waals surface area contributed by atoms with Crippen LogP contribution in [0.25, 0.3) is 0 Å². The lowest BCUT2D eigenvalue weighted by Gasteiger charge is -2.09. The van der Waals surface area contributed by atoms with Gasteiger partial charge in [-0.15, -0.1) is 0 Å². The quantitative estimate of drug-likeness (QED) is 0.501. The fraction of sp³-hybridized carbons (Fsp3) is 0.176. The van der Waals surface area contributed by atoms with Crippen LogP contribution in [0.5, 0.6) is 5.75 Å². The van der Waals surface area contributed by atoms with Crippen LogP contribution in [0, 0.1) is 10.1 Å². The third-order valence-corrected chi connectivity index (χ3v) is 2.97. The summed E-state index contributed by atoms with van der Waals surface area (Å²) >= 11 is 0. The van der Waals surface area contributed by atoms with Gasteiger partial charge in [-0.05, 0) is 55.8 Å². The number of nitro benzene ring substituents is 1. The van der Waals surface area contributed by atoms with Crippen LogP contribution < -0.4 is 10.2 Å². The summed E-state index contributed by atoms with van der Waals surface area (Å²) < 4.78 is 5.51.